The average molecular weight is 206 g/mol. The average Bonchev–Trinajstić information content (AvgIpc) is 2.30. The van der Waals surface area contributed by atoms with Gasteiger partial charge in [0.05, 0.1) is 7.11 Å². The van der Waals surface area contributed by atoms with Crippen LogP contribution in [0.3, 0.4) is 0 Å². The van der Waals surface area contributed by atoms with Crippen LogP contribution < -0.4 is 4.74 Å². The van der Waals surface area contributed by atoms with Crippen molar-refractivity contribution in [1.29, 1.82) is 0 Å². The van der Waals surface area contributed by atoms with Gasteiger partial charge in [0.1, 0.15) is 0 Å². The highest BCUT2D eigenvalue weighted by Crippen LogP contribution is 2.36. The van der Waals surface area contributed by atoms with Crippen LogP contribution in [0.15, 0.2) is 18.2 Å². The summed E-state index contributed by atoms with van der Waals surface area (Å²) in [5, 5.41) is 9.70. The summed E-state index contributed by atoms with van der Waals surface area (Å²) in [4.78, 5) is 0. The topological polar surface area (TPSA) is 29.5 Å². The van der Waals surface area contributed by atoms with Crippen LogP contribution in [0.1, 0.15) is 43.6 Å². The predicted octanol–water partition coefficient (Wildman–Crippen LogP) is 3.45. The number of hydrogen-bond donors (Lipinski definition) is 1. The quantitative estimate of drug-likeness (QED) is 0.803. The summed E-state index contributed by atoms with van der Waals surface area (Å²) in [5.74, 6) is 1.46. The molecule has 1 N–H and O–H groups in total. The first-order valence-electron chi connectivity index (χ1n) is 5.68. The maximum absolute atomic E-state index is 9.70. The zero-order valence-electron chi connectivity index (χ0n) is 9.20. The van der Waals surface area contributed by atoms with E-state index in [0.29, 0.717) is 11.7 Å². The van der Waals surface area contributed by atoms with Crippen LogP contribution in [0.25, 0.3) is 0 Å². The lowest BCUT2D eigenvalue weighted by molar-refractivity contribution is 0.371. The minimum Gasteiger partial charge on any atom is -0.504 e. The molecule has 1 aromatic rings. The molecule has 1 aliphatic rings. The Balaban J connectivity index is 2.17. The Bertz CT molecular complexity index is 327. The molecule has 0 radical (unpaired) electrons. The summed E-state index contributed by atoms with van der Waals surface area (Å²) in [6.45, 7) is 0. The van der Waals surface area contributed by atoms with Gasteiger partial charge in [-0.1, -0.05) is 25.3 Å². The molecule has 1 fully saturated rings. The van der Waals surface area contributed by atoms with Gasteiger partial charge in [-0.15, -0.1) is 0 Å². The van der Waals surface area contributed by atoms with Crippen LogP contribution in [0, 0.1) is 0 Å². The Morgan fingerprint density at radius 3 is 2.53 bits per heavy atom. The number of benzene rings is 1. The summed E-state index contributed by atoms with van der Waals surface area (Å²) < 4.78 is 5.04. The van der Waals surface area contributed by atoms with Crippen LogP contribution in [0.2, 0.25) is 0 Å². The molecule has 0 saturated heterocycles. The molecule has 82 valence electrons. The predicted molar refractivity (Wildman–Crippen MR) is 60.5 cm³/mol. The first-order valence-corrected chi connectivity index (χ1v) is 5.68. The molecule has 0 heterocycles. The summed E-state index contributed by atoms with van der Waals surface area (Å²) >= 11 is 0. The zero-order chi connectivity index (χ0) is 10.7. The van der Waals surface area contributed by atoms with Crippen LogP contribution in [0.5, 0.6) is 11.5 Å². The van der Waals surface area contributed by atoms with Gasteiger partial charge < -0.3 is 9.84 Å². The van der Waals surface area contributed by atoms with Crippen molar-refractivity contribution in [3.63, 3.8) is 0 Å². The largest absolute Gasteiger partial charge is 0.504 e. The minimum atomic E-state index is 0.264. The monoisotopic (exact) mass is 206 g/mol. The Hall–Kier alpha value is -1.18. The summed E-state index contributed by atoms with van der Waals surface area (Å²) in [6, 6.07) is 5.79. The zero-order valence-corrected chi connectivity index (χ0v) is 9.20. The highest BCUT2D eigenvalue weighted by Gasteiger charge is 2.16. The summed E-state index contributed by atoms with van der Waals surface area (Å²) in [7, 11) is 1.58. The van der Waals surface area contributed by atoms with Gasteiger partial charge in [0, 0.05) is 0 Å². The number of rotatable bonds is 2. The number of phenolic OH excluding ortho intramolecular Hbond substituents is 1. The van der Waals surface area contributed by atoms with Crippen molar-refractivity contribution >= 4 is 0 Å². The Kier molecular flexibility index (Phi) is 3.14. The van der Waals surface area contributed by atoms with E-state index in [2.05, 4.69) is 6.07 Å². The van der Waals surface area contributed by atoms with Crippen LogP contribution in [-0.2, 0) is 0 Å². The molecule has 15 heavy (non-hydrogen) atoms. The van der Waals surface area contributed by atoms with Crippen LogP contribution in [-0.4, -0.2) is 12.2 Å². The van der Waals surface area contributed by atoms with Gasteiger partial charge in [-0.2, -0.15) is 0 Å². The van der Waals surface area contributed by atoms with Crippen molar-refractivity contribution in [2.75, 3.05) is 7.11 Å². The van der Waals surface area contributed by atoms with E-state index in [4.69, 9.17) is 4.74 Å². The molecule has 1 saturated carbocycles. The fourth-order valence-electron chi connectivity index (χ4n) is 2.40. The SMILES string of the molecule is COc1ccc(C2CCCCC2)cc1O. The highest BCUT2D eigenvalue weighted by molar-refractivity contribution is 5.42. The lowest BCUT2D eigenvalue weighted by atomic mass is 9.84. The Morgan fingerprint density at radius 2 is 1.93 bits per heavy atom. The lowest BCUT2D eigenvalue weighted by Gasteiger charge is -2.22. The molecular formula is C13H18O2. The maximum atomic E-state index is 9.70. The van der Waals surface area contributed by atoms with E-state index in [1.165, 1.54) is 37.7 Å². The Morgan fingerprint density at radius 1 is 1.20 bits per heavy atom. The third-order valence-corrected chi connectivity index (χ3v) is 3.28. The van der Waals surface area contributed by atoms with E-state index in [-0.39, 0.29) is 5.75 Å². The smallest absolute Gasteiger partial charge is 0.160 e. The van der Waals surface area contributed by atoms with Gasteiger partial charge >= 0.3 is 0 Å². The molecule has 0 bridgehead atoms. The molecule has 0 atom stereocenters. The van der Waals surface area contributed by atoms with Gasteiger partial charge in [-0.05, 0) is 36.5 Å². The maximum Gasteiger partial charge on any atom is 0.160 e. The van der Waals surface area contributed by atoms with Gasteiger partial charge in [0.2, 0.25) is 0 Å². The second-order valence-corrected chi connectivity index (χ2v) is 4.27. The van der Waals surface area contributed by atoms with E-state index >= 15 is 0 Å². The molecule has 1 aliphatic carbocycles. The third-order valence-electron chi connectivity index (χ3n) is 3.28. The number of ether oxygens (including phenoxy) is 1. The second kappa shape index (κ2) is 4.56. The van der Waals surface area contributed by atoms with Crippen molar-refractivity contribution in [3.05, 3.63) is 23.8 Å². The second-order valence-electron chi connectivity index (χ2n) is 4.27. The van der Waals surface area contributed by atoms with Crippen LogP contribution in [0.4, 0.5) is 0 Å². The number of aromatic hydroxyl groups is 1. The molecule has 2 heteroatoms. The normalized spacial score (nSPS) is 17.7. The lowest BCUT2D eigenvalue weighted by Crippen LogP contribution is -2.04. The summed E-state index contributed by atoms with van der Waals surface area (Å²) in [5.41, 5.74) is 1.26. The van der Waals surface area contributed by atoms with E-state index in [1.54, 1.807) is 7.11 Å². The van der Waals surface area contributed by atoms with Crippen molar-refractivity contribution in [1.82, 2.24) is 0 Å². The van der Waals surface area contributed by atoms with E-state index in [1.807, 2.05) is 12.1 Å². The number of methoxy groups -OCH3 is 1. The number of hydrogen-bond acceptors (Lipinski definition) is 2. The highest BCUT2D eigenvalue weighted by atomic mass is 16.5. The third kappa shape index (κ3) is 2.25. The molecule has 0 unspecified atom stereocenters. The van der Waals surface area contributed by atoms with E-state index in [0.717, 1.165) is 0 Å². The minimum absolute atomic E-state index is 0.264. The van der Waals surface area contributed by atoms with Gasteiger partial charge in [-0.25, -0.2) is 0 Å². The number of phenols is 1. The first kappa shape index (κ1) is 10.3. The summed E-state index contributed by atoms with van der Waals surface area (Å²) in [6.07, 6.45) is 6.51. The van der Waals surface area contributed by atoms with Crippen molar-refractivity contribution in [2.45, 2.75) is 38.0 Å². The molecule has 0 amide bonds. The molecule has 2 nitrogen and oxygen atoms in total. The molecule has 0 aromatic heterocycles. The van der Waals surface area contributed by atoms with Crippen molar-refractivity contribution in [3.8, 4) is 11.5 Å². The van der Waals surface area contributed by atoms with E-state index in [9.17, 15) is 5.11 Å². The molecular weight excluding hydrogens is 188 g/mol. The van der Waals surface area contributed by atoms with Gasteiger partial charge in [0.15, 0.2) is 11.5 Å². The van der Waals surface area contributed by atoms with Gasteiger partial charge in [-0.3, -0.25) is 0 Å². The van der Waals surface area contributed by atoms with Crippen molar-refractivity contribution in [2.24, 2.45) is 0 Å². The van der Waals surface area contributed by atoms with Crippen molar-refractivity contribution < 1.29 is 9.84 Å². The van der Waals surface area contributed by atoms with Crippen LogP contribution >= 0.6 is 0 Å². The molecule has 2 rings (SSSR count). The fourth-order valence-corrected chi connectivity index (χ4v) is 2.40. The van der Waals surface area contributed by atoms with E-state index < -0.39 is 0 Å². The van der Waals surface area contributed by atoms with Gasteiger partial charge in [0.25, 0.3) is 0 Å². The Labute approximate surface area is 90.9 Å². The molecule has 0 spiro atoms. The fraction of sp³-hybridized carbons (Fsp3) is 0.538. The standard InChI is InChI=1S/C13H18O2/c1-15-13-8-7-11(9-12(13)14)10-5-3-2-4-6-10/h7-10,14H,2-6H2,1H3. The molecule has 1 aromatic carbocycles. The first-order chi connectivity index (χ1) is 7.31. The molecule has 0 aliphatic heterocycles.